The summed E-state index contributed by atoms with van der Waals surface area (Å²) in [6.07, 6.45) is 3.38. The lowest BCUT2D eigenvalue weighted by molar-refractivity contribution is -0.135. The van der Waals surface area contributed by atoms with Gasteiger partial charge < -0.3 is 14.2 Å². The number of aromatic nitrogens is 3. The van der Waals surface area contributed by atoms with Crippen LogP contribution in [0.4, 0.5) is 4.39 Å². The number of amides is 1. The van der Waals surface area contributed by atoms with Crippen LogP contribution in [0.25, 0.3) is 11.4 Å². The zero-order valence-electron chi connectivity index (χ0n) is 15.7. The van der Waals surface area contributed by atoms with Gasteiger partial charge in [0, 0.05) is 44.1 Å². The van der Waals surface area contributed by atoms with Crippen LogP contribution < -0.4 is 4.74 Å². The molecule has 9 heteroatoms. The highest BCUT2D eigenvalue weighted by atomic mass is 19.1. The van der Waals surface area contributed by atoms with Crippen LogP contribution in [0.1, 0.15) is 5.89 Å². The zero-order valence-corrected chi connectivity index (χ0v) is 15.7. The van der Waals surface area contributed by atoms with Crippen LogP contribution in [0.5, 0.6) is 5.75 Å². The van der Waals surface area contributed by atoms with Gasteiger partial charge in [-0.3, -0.25) is 14.7 Å². The minimum absolute atomic E-state index is 0.0657. The number of ether oxygens (including phenoxy) is 1. The normalized spacial score (nSPS) is 14.7. The third-order valence-electron chi connectivity index (χ3n) is 4.65. The Balaban J connectivity index is 1.23. The Hall–Kier alpha value is -3.33. The molecule has 1 aliphatic heterocycles. The molecule has 0 atom stereocenters. The molecule has 3 aromatic rings. The first-order chi connectivity index (χ1) is 14.2. The van der Waals surface area contributed by atoms with Gasteiger partial charge in [0.25, 0.3) is 5.91 Å². The molecular formula is C20H20FN5O3. The molecule has 1 aliphatic rings. The van der Waals surface area contributed by atoms with E-state index in [1.54, 1.807) is 17.3 Å². The Morgan fingerprint density at radius 2 is 1.93 bits per heavy atom. The number of carbonyl (C=O) groups is 1. The van der Waals surface area contributed by atoms with E-state index in [0.717, 1.165) is 5.56 Å². The van der Waals surface area contributed by atoms with Crippen molar-refractivity contribution in [2.24, 2.45) is 0 Å². The maximum atomic E-state index is 12.9. The summed E-state index contributed by atoms with van der Waals surface area (Å²) in [6, 6.07) is 9.31. The second kappa shape index (κ2) is 8.78. The predicted molar refractivity (Wildman–Crippen MR) is 101 cm³/mol. The van der Waals surface area contributed by atoms with Gasteiger partial charge >= 0.3 is 0 Å². The SMILES string of the molecule is O=C(COc1ccc(F)cc1)N1CCN(Cc2nc(-c3cccnc3)no2)CC1. The zero-order chi connectivity index (χ0) is 20.1. The first kappa shape index (κ1) is 19.0. The summed E-state index contributed by atoms with van der Waals surface area (Å²) >= 11 is 0. The summed E-state index contributed by atoms with van der Waals surface area (Å²) in [7, 11) is 0. The molecule has 1 amide bonds. The van der Waals surface area contributed by atoms with E-state index in [1.807, 2.05) is 12.1 Å². The average Bonchev–Trinajstić information content (AvgIpc) is 3.23. The maximum absolute atomic E-state index is 12.9. The van der Waals surface area contributed by atoms with E-state index in [2.05, 4.69) is 20.0 Å². The smallest absolute Gasteiger partial charge is 0.260 e. The third kappa shape index (κ3) is 4.94. The van der Waals surface area contributed by atoms with Crippen LogP contribution in [0.15, 0.2) is 53.3 Å². The summed E-state index contributed by atoms with van der Waals surface area (Å²) in [5.41, 5.74) is 0.805. The molecule has 29 heavy (non-hydrogen) atoms. The molecule has 0 spiro atoms. The minimum Gasteiger partial charge on any atom is -0.484 e. The molecule has 0 bridgehead atoms. The Morgan fingerprint density at radius 1 is 1.14 bits per heavy atom. The monoisotopic (exact) mass is 397 g/mol. The second-order valence-electron chi connectivity index (χ2n) is 6.65. The number of carbonyl (C=O) groups excluding carboxylic acids is 1. The highest BCUT2D eigenvalue weighted by Crippen LogP contribution is 2.16. The number of rotatable bonds is 6. The first-order valence-corrected chi connectivity index (χ1v) is 9.29. The molecule has 150 valence electrons. The highest BCUT2D eigenvalue weighted by Gasteiger charge is 2.23. The van der Waals surface area contributed by atoms with Gasteiger partial charge in [0.05, 0.1) is 6.54 Å². The van der Waals surface area contributed by atoms with Crippen molar-refractivity contribution in [1.82, 2.24) is 24.9 Å². The molecule has 4 rings (SSSR count). The van der Waals surface area contributed by atoms with Crippen molar-refractivity contribution in [3.05, 3.63) is 60.5 Å². The molecule has 0 radical (unpaired) electrons. The quantitative estimate of drug-likeness (QED) is 0.629. The molecule has 0 N–H and O–H groups in total. The summed E-state index contributed by atoms with van der Waals surface area (Å²) in [5, 5.41) is 4.00. The number of nitrogens with zero attached hydrogens (tertiary/aromatic N) is 5. The van der Waals surface area contributed by atoms with Gasteiger partial charge in [-0.25, -0.2) is 4.39 Å². The summed E-state index contributed by atoms with van der Waals surface area (Å²) in [4.78, 5) is 24.7. The fraction of sp³-hybridized carbons (Fsp3) is 0.300. The molecule has 8 nitrogen and oxygen atoms in total. The van der Waals surface area contributed by atoms with Gasteiger partial charge in [-0.15, -0.1) is 0 Å². The fourth-order valence-corrected chi connectivity index (χ4v) is 3.05. The van der Waals surface area contributed by atoms with Crippen molar-refractivity contribution < 1.29 is 18.4 Å². The lowest BCUT2D eigenvalue weighted by Gasteiger charge is -2.33. The second-order valence-corrected chi connectivity index (χ2v) is 6.65. The molecule has 1 saturated heterocycles. The van der Waals surface area contributed by atoms with Gasteiger partial charge in [0.1, 0.15) is 11.6 Å². The van der Waals surface area contributed by atoms with Crippen molar-refractivity contribution in [3.63, 3.8) is 0 Å². The lowest BCUT2D eigenvalue weighted by Crippen LogP contribution is -2.49. The molecule has 2 aromatic heterocycles. The Labute approximate surface area is 166 Å². The number of hydrogen-bond donors (Lipinski definition) is 0. The standard InChI is InChI=1S/C20H20FN5O3/c21-16-3-5-17(6-4-16)28-14-19(27)26-10-8-25(9-11-26)13-18-23-20(24-29-18)15-2-1-7-22-12-15/h1-7,12H,8-11,13-14H2. The lowest BCUT2D eigenvalue weighted by atomic mass is 10.3. The van der Waals surface area contributed by atoms with E-state index in [4.69, 9.17) is 9.26 Å². The van der Waals surface area contributed by atoms with E-state index in [1.165, 1.54) is 24.3 Å². The van der Waals surface area contributed by atoms with Gasteiger partial charge in [-0.05, 0) is 36.4 Å². The first-order valence-electron chi connectivity index (χ1n) is 9.29. The van der Waals surface area contributed by atoms with Crippen LogP contribution in [-0.2, 0) is 11.3 Å². The minimum atomic E-state index is -0.339. The van der Waals surface area contributed by atoms with Crippen molar-refractivity contribution >= 4 is 5.91 Å². The average molecular weight is 397 g/mol. The number of benzene rings is 1. The fourth-order valence-electron chi connectivity index (χ4n) is 3.05. The van der Waals surface area contributed by atoms with Crippen LogP contribution in [0.2, 0.25) is 0 Å². The van der Waals surface area contributed by atoms with Gasteiger partial charge in [0.15, 0.2) is 6.61 Å². The number of piperazine rings is 1. The number of pyridine rings is 1. The van der Waals surface area contributed by atoms with Crippen molar-refractivity contribution in [1.29, 1.82) is 0 Å². The molecule has 1 aromatic carbocycles. The topological polar surface area (TPSA) is 84.6 Å². The summed E-state index contributed by atoms with van der Waals surface area (Å²) in [5.74, 6) is 1.08. The van der Waals surface area contributed by atoms with Gasteiger partial charge in [-0.1, -0.05) is 5.16 Å². The molecule has 3 heterocycles. The molecule has 1 fully saturated rings. The van der Waals surface area contributed by atoms with Crippen LogP contribution in [0, 0.1) is 5.82 Å². The van der Waals surface area contributed by atoms with Crippen LogP contribution in [0.3, 0.4) is 0 Å². The summed E-state index contributed by atoms with van der Waals surface area (Å²) in [6.45, 7) is 3.05. The molecule has 0 aliphatic carbocycles. The molecule has 0 saturated carbocycles. The Bertz CT molecular complexity index is 940. The number of hydrogen-bond acceptors (Lipinski definition) is 7. The molecular weight excluding hydrogens is 377 g/mol. The van der Waals surface area contributed by atoms with E-state index >= 15 is 0 Å². The Kier molecular flexibility index (Phi) is 5.76. The van der Waals surface area contributed by atoms with Crippen molar-refractivity contribution in [2.75, 3.05) is 32.8 Å². The van der Waals surface area contributed by atoms with E-state index in [0.29, 0.717) is 50.2 Å². The van der Waals surface area contributed by atoms with Gasteiger partial charge in [0.2, 0.25) is 11.7 Å². The van der Waals surface area contributed by atoms with Gasteiger partial charge in [-0.2, -0.15) is 4.98 Å². The predicted octanol–water partition coefficient (Wildman–Crippen LogP) is 1.99. The van der Waals surface area contributed by atoms with Crippen LogP contribution >= 0.6 is 0 Å². The van der Waals surface area contributed by atoms with E-state index < -0.39 is 0 Å². The molecule has 0 unspecified atom stereocenters. The van der Waals surface area contributed by atoms with E-state index in [-0.39, 0.29) is 18.3 Å². The Morgan fingerprint density at radius 3 is 2.66 bits per heavy atom. The third-order valence-corrected chi connectivity index (χ3v) is 4.65. The maximum Gasteiger partial charge on any atom is 0.260 e. The largest absolute Gasteiger partial charge is 0.484 e. The van der Waals surface area contributed by atoms with Crippen LogP contribution in [-0.4, -0.2) is 63.6 Å². The highest BCUT2D eigenvalue weighted by molar-refractivity contribution is 5.77. The summed E-state index contributed by atoms with van der Waals surface area (Å²) < 4.78 is 23.7. The van der Waals surface area contributed by atoms with Crippen molar-refractivity contribution in [2.45, 2.75) is 6.54 Å². The number of halogens is 1. The van der Waals surface area contributed by atoms with E-state index in [9.17, 15) is 9.18 Å². The van der Waals surface area contributed by atoms with Crippen molar-refractivity contribution in [3.8, 4) is 17.1 Å².